The van der Waals surface area contributed by atoms with E-state index in [0.717, 1.165) is 41.3 Å². The lowest BCUT2D eigenvalue weighted by Gasteiger charge is -2.10. The number of nitrogens with two attached hydrogens (primary N) is 1. The lowest BCUT2D eigenvalue weighted by atomic mass is 10.0. The summed E-state index contributed by atoms with van der Waals surface area (Å²) in [4.78, 5) is 17.1. The number of halogens is 1. The molecule has 0 bridgehead atoms. The van der Waals surface area contributed by atoms with Crippen LogP contribution < -0.4 is 11.1 Å². The van der Waals surface area contributed by atoms with Gasteiger partial charge in [0.05, 0.1) is 5.69 Å². The van der Waals surface area contributed by atoms with Crippen LogP contribution in [0.2, 0.25) is 5.02 Å². The van der Waals surface area contributed by atoms with Crippen molar-refractivity contribution in [1.29, 1.82) is 0 Å². The molecule has 0 unspecified atom stereocenters. The van der Waals surface area contributed by atoms with Crippen LogP contribution in [0, 0.1) is 6.92 Å². The summed E-state index contributed by atoms with van der Waals surface area (Å²) in [6.45, 7) is 5.36. The van der Waals surface area contributed by atoms with Crippen molar-refractivity contribution in [3.8, 4) is 0 Å². The summed E-state index contributed by atoms with van der Waals surface area (Å²) in [5.74, 6) is 0.828. The summed E-state index contributed by atoms with van der Waals surface area (Å²) in [7, 11) is 0. The van der Waals surface area contributed by atoms with Gasteiger partial charge in [-0.05, 0) is 81.1 Å². The maximum atomic E-state index is 12.2. The number of allylic oxidation sites excluding steroid dienone is 2. The van der Waals surface area contributed by atoms with E-state index >= 15 is 0 Å². The van der Waals surface area contributed by atoms with E-state index in [4.69, 9.17) is 22.3 Å². The lowest BCUT2D eigenvalue weighted by molar-refractivity contribution is -0.111. The van der Waals surface area contributed by atoms with Gasteiger partial charge in [0.25, 0.3) is 0 Å². The predicted molar refractivity (Wildman–Crippen MR) is 136 cm³/mol. The normalized spacial score (nSPS) is 12.0. The van der Waals surface area contributed by atoms with Crippen molar-refractivity contribution < 1.29 is 4.79 Å². The molecule has 4 aromatic rings. The number of hydrogen-bond acceptors (Lipinski definition) is 4. The summed E-state index contributed by atoms with van der Waals surface area (Å²) in [6, 6.07) is 20.0. The summed E-state index contributed by atoms with van der Waals surface area (Å²) in [6.07, 6.45) is 3.56. The highest BCUT2D eigenvalue weighted by molar-refractivity contribution is 6.30. The Kier molecular flexibility index (Phi) is 6.52. The van der Waals surface area contributed by atoms with Crippen LogP contribution >= 0.6 is 11.6 Å². The second-order valence-corrected chi connectivity index (χ2v) is 8.72. The van der Waals surface area contributed by atoms with E-state index in [1.807, 2.05) is 47.0 Å². The number of aryl methyl sites for hydroxylation is 3. The van der Waals surface area contributed by atoms with Crippen LogP contribution in [0.15, 0.2) is 72.6 Å². The third-order valence-electron chi connectivity index (χ3n) is 5.61. The van der Waals surface area contributed by atoms with Gasteiger partial charge < -0.3 is 11.1 Å². The van der Waals surface area contributed by atoms with Crippen LogP contribution in [0.4, 0.5) is 11.5 Å². The Labute approximate surface area is 198 Å². The Morgan fingerprint density at radius 2 is 1.73 bits per heavy atom. The first-order valence-corrected chi connectivity index (χ1v) is 11.3. The summed E-state index contributed by atoms with van der Waals surface area (Å²) < 4.78 is 2.01. The van der Waals surface area contributed by atoms with E-state index in [1.54, 1.807) is 6.92 Å². The zero-order valence-corrected chi connectivity index (χ0v) is 19.8. The van der Waals surface area contributed by atoms with Gasteiger partial charge in [-0.15, -0.1) is 0 Å². The zero-order valence-electron chi connectivity index (χ0n) is 19.0. The fraction of sp³-hybridized carbons (Fsp3) is 0.185. The van der Waals surface area contributed by atoms with Crippen LogP contribution in [0.3, 0.4) is 0 Å². The second-order valence-electron chi connectivity index (χ2n) is 8.28. The van der Waals surface area contributed by atoms with Crippen LogP contribution in [-0.2, 0) is 17.6 Å². The molecular weight excluding hydrogens is 432 g/mol. The number of imidazole rings is 1. The number of fused-ring (bicyclic) bond motifs is 1. The molecule has 33 heavy (non-hydrogen) atoms. The highest BCUT2D eigenvalue weighted by Crippen LogP contribution is 2.28. The molecule has 168 valence electrons. The van der Waals surface area contributed by atoms with Crippen LogP contribution in [0.5, 0.6) is 0 Å². The van der Waals surface area contributed by atoms with Gasteiger partial charge >= 0.3 is 0 Å². The molecule has 0 saturated heterocycles. The fourth-order valence-electron chi connectivity index (χ4n) is 3.95. The monoisotopic (exact) mass is 458 g/mol. The molecule has 0 spiro atoms. The Bertz CT molecular complexity index is 1330. The van der Waals surface area contributed by atoms with E-state index in [1.165, 1.54) is 18.1 Å². The van der Waals surface area contributed by atoms with Gasteiger partial charge in [0, 0.05) is 28.2 Å². The topological polar surface area (TPSA) is 72.4 Å². The summed E-state index contributed by atoms with van der Waals surface area (Å²) >= 11 is 6.06. The lowest BCUT2D eigenvalue weighted by Crippen LogP contribution is -2.06. The number of carbonyl (C=O) groups excluding carboxylic acids is 1. The number of ketones is 1. The first kappa shape index (κ1) is 22.6. The Hall–Kier alpha value is -3.57. The minimum absolute atomic E-state index is 0.0648. The van der Waals surface area contributed by atoms with Crippen LogP contribution in [-0.4, -0.2) is 15.2 Å². The Morgan fingerprint density at radius 3 is 2.36 bits per heavy atom. The van der Waals surface area contributed by atoms with E-state index < -0.39 is 0 Å². The first-order chi connectivity index (χ1) is 15.8. The van der Waals surface area contributed by atoms with Gasteiger partial charge in [-0.3, -0.25) is 9.20 Å². The molecule has 6 heteroatoms. The summed E-state index contributed by atoms with van der Waals surface area (Å²) in [5, 5.41) is 4.18. The van der Waals surface area contributed by atoms with Crippen molar-refractivity contribution in [2.24, 2.45) is 5.73 Å². The number of hydrogen-bond donors (Lipinski definition) is 2. The van der Waals surface area contributed by atoms with Gasteiger partial charge in [0.2, 0.25) is 0 Å². The molecule has 0 aliphatic rings. The number of rotatable bonds is 7. The zero-order chi connectivity index (χ0) is 23.5. The van der Waals surface area contributed by atoms with Gasteiger partial charge in [-0.25, -0.2) is 4.98 Å². The Morgan fingerprint density at radius 1 is 1.03 bits per heavy atom. The Balaban J connectivity index is 1.75. The minimum atomic E-state index is -0.0648. The molecule has 2 aromatic carbocycles. The molecular formula is C27H27ClN4O. The molecule has 0 aliphatic heterocycles. The van der Waals surface area contributed by atoms with Gasteiger partial charge in [0.1, 0.15) is 11.5 Å². The number of nitrogens with one attached hydrogen (secondary N) is 1. The number of pyridine rings is 1. The number of anilines is 2. The number of aromatic nitrogens is 2. The second kappa shape index (κ2) is 9.51. The van der Waals surface area contributed by atoms with Gasteiger partial charge in [-0.1, -0.05) is 41.4 Å². The molecule has 0 saturated carbocycles. The molecule has 0 amide bonds. The maximum absolute atomic E-state index is 12.2. The van der Waals surface area contributed by atoms with E-state index in [0.29, 0.717) is 16.3 Å². The molecule has 3 N–H and O–H groups in total. The molecule has 0 fully saturated rings. The molecule has 0 aliphatic carbocycles. The molecule has 0 radical (unpaired) electrons. The minimum Gasteiger partial charge on any atom is -0.402 e. The molecule has 4 rings (SSSR count). The van der Waals surface area contributed by atoms with Crippen LogP contribution in [0.1, 0.15) is 36.2 Å². The fourth-order valence-corrected chi connectivity index (χ4v) is 4.08. The highest BCUT2D eigenvalue weighted by Gasteiger charge is 2.16. The van der Waals surface area contributed by atoms with Crippen LogP contribution in [0.25, 0.3) is 11.2 Å². The predicted octanol–water partition coefficient (Wildman–Crippen LogP) is 6.10. The van der Waals surface area contributed by atoms with Crippen molar-refractivity contribution in [3.63, 3.8) is 0 Å². The van der Waals surface area contributed by atoms with E-state index in [9.17, 15) is 4.79 Å². The average Bonchev–Trinajstić information content (AvgIpc) is 3.11. The third-order valence-corrected chi connectivity index (χ3v) is 5.86. The molecule has 2 aromatic heterocycles. The quantitative estimate of drug-likeness (QED) is 0.328. The third kappa shape index (κ3) is 5.10. The van der Waals surface area contributed by atoms with Crippen molar-refractivity contribution in [2.75, 3.05) is 5.32 Å². The number of benzene rings is 2. The van der Waals surface area contributed by atoms with Gasteiger partial charge in [0.15, 0.2) is 5.78 Å². The number of Topliss-reactive ketones (excluding diaryl/α,β-unsaturated/α-hetero) is 1. The highest BCUT2D eigenvalue weighted by atomic mass is 35.5. The SMILES string of the molecule is CC(=O)C(=C(C)N)c1ccn2c(Nc3ccc(Cl)cc3)c(CCc3ccc(C)cc3)nc2c1. The van der Waals surface area contributed by atoms with Crippen molar-refractivity contribution >= 4 is 40.1 Å². The van der Waals surface area contributed by atoms with E-state index in [2.05, 4.69) is 36.5 Å². The smallest absolute Gasteiger partial charge is 0.162 e. The molecule has 0 atom stereocenters. The van der Waals surface area contributed by atoms with Crippen molar-refractivity contribution in [1.82, 2.24) is 9.38 Å². The number of nitrogens with zero attached hydrogens (tertiary/aromatic N) is 2. The first-order valence-electron chi connectivity index (χ1n) is 10.9. The summed E-state index contributed by atoms with van der Waals surface area (Å²) in [5.41, 5.74) is 12.9. The van der Waals surface area contributed by atoms with Crippen molar-refractivity contribution in [3.05, 3.63) is 100.0 Å². The molecule has 5 nitrogen and oxygen atoms in total. The average molecular weight is 459 g/mol. The largest absolute Gasteiger partial charge is 0.402 e. The van der Waals surface area contributed by atoms with Gasteiger partial charge in [-0.2, -0.15) is 0 Å². The van der Waals surface area contributed by atoms with E-state index in [-0.39, 0.29) is 5.78 Å². The molecule has 2 heterocycles. The number of carbonyl (C=O) groups is 1. The van der Waals surface area contributed by atoms with Crippen molar-refractivity contribution in [2.45, 2.75) is 33.6 Å². The standard InChI is InChI=1S/C27H27ClN4O/c1-17-4-6-20(7-5-17)8-13-24-27(30-23-11-9-22(28)10-12-23)32-15-14-21(16-25(32)31-24)26(18(2)29)19(3)33/h4-7,9-12,14-16,30H,8,13,29H2,1-3H3. The maximum Gasteiger partial charge on any atom is 0.162 e.